The molecule has 5 nitrogen and oxygen atoms in total. The quantitative estimate of drug-likeness (QED) is 0.619. The topological polar surface area (TPSA) is 48.9 Å². The SMILES string of the molecule is CCNC(=NCC(c1ccccc1)N1CCOCC1)NCC. The predicted octanol–water partition coefficient (Wildman–Crippen LogP) is 1.63. The maximum atomic E-state index is 5.49. The Morgan fingerprint density at radius 1 is 1.14 bits per heavy atom. The van der Waals surface area contributed by atoms with Crippen LogP contribution in [0, 0.1) is 0 Å². The third-order valence-electron chi connectivity index (χ3n) is 3.78. The van der Waals surface area contributed by atoms with E-state index in [0.29, 0.717) is 6.04 Å². The third kappa shape index (κ3) is 5.00. The van der Waals surface area contributed by atoms with E-state index in [0.717, 1.165) is 51.9 Å². The fraction of sp³-hybridized carbons (Fsp3) is 0.588. The molecule has 1 fully saturated rings. The Morgan fingerprint density at radius 2 is 1.77 bits per heavy atom. The molecule has 1 unspecified atom stereocenters. The molecule has 22 heavy (non-hydrogen) atoms. The van der Waals surface area contributed by atoms with Gasteiger partial charge in [-0.1, -0.05) is 30.3 Å². The Kier molecular flexibility index (Phi) is 7.19. The highest BCUT2D eigenvalue weighted by molar-refractivity contribution is 5.79. The highest BCUT2D eigenvalue weighted by atomic mass is 16.5. The van der Waals surface area contributed by atoms with Crippen LogP contribution in [0.4, 0.5) is 0 Å². The van der Waals surface area contributed by atoms with Crippen molar-refractivity contribution >= 4 is 5.96 Å². The summed E-state index contributed by atoms with van der Waals surface area (Å²) in [7, 11) is 0. The molecule has 1 aromatic carbocycles. The van der Waals surface area contributed by atoms with E-state index in [2.05, 4.69) is 59.7 Å². The first-order chi connectivity index (χ1) is 10.8. The summed E-state index contributed by atoms with van der Waals surface area (Å²) < 4.78 is 5.49. The van der Waals surface area contributed by atoms with E-state index in [1.165, 1.54) is 5.56 Å². The molecule has 1 atom stereocenters. The molecule has 0 amide bonds. The molecule has 0 radical (unpaired) electrons. The van der Waals surface area contributed by atoms with Gasteiger partial charge in [-0.05, 0) is 19.4 Å². The minimum absolute atomic E-state index is 0.303. The van der Waals surface area contributed by atoms with Crippen molar-refractivity contribution in [3.63, 3.8) is 0 Å². The van der Waals surface area contributed by atoms with Gasteiger partial charge in [0, 0.05) is 26.2 Å². The first-order valence-corrected chi connectivity index (χ1v) is 8.24. The largest absolute Gasteiger partial charge is 0.379 e. The number of guanidine groups is 1. The zero-order chi connectivity index (χ0) is 15.6. The van der Waals surface area contributed by atoms with Crippen LogP contribution in [0.25, 0.3) is 0 Å². The Morgan fingerprint density at radius 3 is 2.36 bits per heavy atom. The highest BCUT2D eigenvalue weighted by Gasteiger charge is 2.22. The number of nitrogens with zero attached hydrogens (tertiary/aromatic N) is 2. The molecule has 1 saturated heterocycles. The van der Waals surface area contributed by atoms with Crippen molar-refractivity contribution in [3.05, 3.63) is 35.9 Å². The van der Waals surface area contributed by atoms with Gasteiger partial charge in [-0.15, -0.1) is 0 Å². The van der Waals surface area contributed by atoms with Gasteiger partial charge in [-0.2, -0.15) is 0 Å². The summed E-state index contributed by atoms with van der Waals surface area (Å²) in [6.45, 7) is 10.2. The molecule has 1 heterocycles. The second-order valence-corrected chi connectivity index (χ2v) is 5.32. The number of hydrogen-bond acceptors (Lipinski definition) is 3. The molecular formula is C17H28N4O. The maximum Gasteiger partial charge on any atom is 0.191 e. The molecule has 1 aliphatic rings. The van der Waals surface area contributed by atoms with E-state index in [1.807, 2.05) is 0 Å². The van der Waals surface area contributed by atoms with E-state index < -0.39 is 0 Å². The van der Waals surface area contributed by atoms with Crippen molar-refractivity contribution in [1.82, 2.24) is 15.5 Å². The van der Waals surface area contributed by atoms with Gasteiger partial charge < -0.3 is 15.4 Å². The van der Waals surface area contributed by atoms with Crippen LogP contribution < -0.4 is 10.6 Å². The molecule has 122 valence electrons. The summed E-state index contributed by atoms with van der Waals surface area (Å²) in [5, 5.41) is 6.58. The maximum absolute atomic E-state index is 5.49. The Balaban J connectivity index is 2.11. The van der Waals surface area contributed by atoms with Crippen LogP contribution in [-0.2, 0) is 4.74 Å². The summed E-state index contributed by atoms with van der Waals surface area (Å²) in [6, 6.07) is 10.9. The Bertz CT molecular complexity index is 435. The lowest BCUT2D eigenvalue weighted by molar-refractivity contribution is 0.0180. The second-order valence-electron chi connectivity index (χ2n) is 5.32. The highest BCUT2D eigenvalue weighted by Crippen LogP contribution is 2.22. The van der Waals surface area contributed by atoms with Gasteiger partial charge in [0.1, 0.15) is 0 Å². The van der Waals surface area contributed by atoms with Crippen molar-refractivity contribution in [2.24, 2.45) is 4.99 Å². The van der Waals surface area contributed by atoms with Crippen LogP contribution in [-0.4, -0.2) is 56.8 Å². The van der Waals surface area contributed by atoms with Gasteiger partial charge in [0.2, 0.25) is 0 Å². The Labute approximate surface area is 133 Å². The molecule has 2 rings (SSSR count). The van der Waals surface area contributed by atoms with Crippen LogP contribution in [0.1, 0.15) is 25.5 Å². The van der Waals surface area contributed by atoms with Crippen molar-refractivity contribution in [2.75, 3.05) is 45.9 Å². The number of ether oxygens (including phenoxy) is 1. The Hall–Kier alpha value is -1.59. The van der Waals surface area contributed by atoms with Crippen LogP contribution in [0.15, 0.2) is 35.3 Å². The molecular weight excluding hydrogens is 276 g/mol. The zero-order valence-electron chi connectivity index (χ0n) is 13.7. The zero-order valence-corrected chi connectivity index (χ0v) is 13.7. The summed E-state index contributed by atoms with van der Waals surface area (Å²) >= 11 is 0. The standard InChI is InChI=1S/C17H28N4O/c1-3-18-17(19-4-2)20-14-16(15-8-6-5-7-9-15)21-10-12-22-13-11-21/h5-9,16H,3-4,10-14H2,1-2H3,(H2,18,19,20). The van der Waals surface area contributed by atoms with Crippen molar-refractivity contribution < 1.29 is 4.74 Å². The fourth-order valence-corrected chi connectivity index (χ4v) is 2.68. The van der Waals surface area contributed by atoms with Gasteiger partial charge in [0.15, 0.2) is 5.96 Å². The average Bonchev–Trinajstić information content (AvgIpc) is 2.57. The molecule has 0 saturated carbocycles. The van der Waals surface area contributed by atoms with Gasteiger partial charge >= 0.3 is 0 Å². The van der Waals surface area contributed by atoms with Crippen LogP contribution in [0.5, 0.6) is 0 Å². The van der Waals surface area contributed by atoms with E-state index in [4.69, 9.17) is 9.73 Å². The van der Waals surface area contributed by atoms with Crippen molar-refractivity contribution in [3.8, 4) is 0 Å². The number of nitrogens with one attached hydrogen (secondary N) is 2. The summed E-state index contributed by atoms with van der Waals surface area (Å²) in [4.78, 5) is 7.24. The molecule has 1 aliphatic heterocycles. The normalized spacial score (nSPS) is 16.8. The van der Waals surface area contributed by atoms with Gasteiger partial charge in [-0.25, -0.2) is 0 Å². The lowest BCUT2D eigenvalue weighted by atomic mass is 10.1. The third-order valence-corrected chi connectivity index (χ3v) is 3.78. The monoisotopic (exact) mass is 304 g/mol. The van der Waals surface area contributed by atoms with Gasteiger partial charge in [0.05, 0.1) is 25.8 Å². The van der Waals surface area contributed by atoms with Gasteiger partial charge in [-0.3, -0.25) is 9.89 Å². The molecule has 5 heteroatoms. The molecule has 0 spiro atoms. The second kappa shape index (κ2) is 9.43. The molecule has 0 aromatic heterocycles. The molecule has 0 bridgehead atoms. The average molecular weight is 304 g/mol. The minimum atomic E-state index is 0.303. The number of morpholine rings is 1. The number of rotatable bonds is 6. The van der Waals surface area contributed by atoms with Gasteiger partial charge in [0.25, 0.3) is 0 Å². The molecule has 2 N–H and O–H groups in total. The van der Waals surface area contributed by atoms with Crippen LogP contribution >= 0.6 is 0 Å². The van der Waals surface area contributed by atoms with Crippen molar-refractivity contribution in [1.29, 1.82) is 0 Å². The van der Waals surface area contributed by atoms with E-state index >= 15 is 0 Å². The van der Waals surface area contributed by atoms with Crippen LogP contribution in [0.2, 0.25) is 0 Å². The summed E-state index contributed by atoms with van der Waals surface area (Å²) in [6.07, 6.45) is 0. The predicted molar refractivity (Wildman–Crippen MR) is 91.2 cm³/mol. The number of aliphatic imine (C=N–C) groups is 1. The smallest absolute Gasteiger partial charge is 0.191 e. The lowest BCUT2D eigenvalue weighted by Gasteiger charge is -2.34. The van der Waals surface area contributed by atoms with E-state index in [1.54, 1.807) is 0 Å². The molecule has 0 aliphatic carbocycles. The number of hydrogen-bond donors (Lipinski definition) is 2. The van der Waals surface area contributed by atoms with E-state index in [-0.39, 0.29) is 0 Å². The first kappa shape index (κ1) is 16.8. The lowest BCUT2D eigenvalue weighted by Crippen LogP contribution is -2.41. The minimum Gasteiger partial charge on any atom is -0.379 e. The first-order valence-electron chi connectivity index (χ1n) is 8.24. The van der Waals surface area contributed by atoms with Crippen LogP contribution in [0.3, 0.4) is 0 Å². The number of benzene rings is 1. The van der Waals surface area contributed by atoms with E-state index in [9.17, 15) is 0 Å². The molecule has 1 aromatic rings. The fourth-order valence-electron chi connectivity index (χ4n) is 2.68. The van der Waals surface area contributed by atoms with Crippen molar-refractivity contribution in [2.45, 2.75) is 19.9 Å². The summed E-state index contributed by atoms with van der Waals surface area (Å²) in [5.74, 6) is 0.888. The summed E-state index contributed by atoms with van der Waals surface area (Å²) in [5.41, 5.74) is 1.32.